The van der Waals surface area contributed by atoms with E-state index >= 15 is 0 Å². The quantitative estimate of drug-likeness (QED) is 0.521. The van der Waals surface area contributed by atoms with E-state index < -0.39 is 0 Å². The molecule has 1 rings (SSSR count). The third kappa shape index (κ3) is 7.34. The molecule has 0 spiro atoms. The van der Waals surface area contributed by atoms with Gasteiger partial charge in [-0.25, -0.2) is 0 Å². The molecule has 4 heteroatoms. The maximum absolute atomic E-state index is 11.6. The van der Waals surface area contributed by atoms with Crippen LogP contribution in [0.15, 0.2) is 24.4 Å². The van der Waals surface area contributed by atoms with Crippen molar-refractivity contribution in [2.24, 2.45) is 0 Å². The van der Waals surface area contributed by atoms with Crippen molar-refractivity contribution >= 4 is 12.2 Å². The summed E-state index contributed by atoms with van der Waals surface area (Å²) in [6, 6.07) is 5.31. The normalized spacial score (nSPS) is 10.1. The second-order valence-electron chi connectivity index (χ2n) is 4.55. The van der Waals surface area contributed by atoms with E-state index in [1.807, 2.05) is 0 Å². The molecule has 19 heavy (non-hydrogen) atoms. The largest absolute Gasteiger partial charge is 0.351 e. The Hall–Kier alpha value is -1.71. The minimum absolute atomic E-state index is 0.105. The van der Waals surface area contributed by atoms with Crippen molar-refractivity contribution in [2.75, 3.05) is 6.54 Å². The Morgan fingerprint density at radius 3 is 2.53 bits per heavy atom. The lowest BCUT2D eigenvalue weighted by Gasteiger charge is -2.04. The number of nitrogens with zero attached hydrogens (tertiary/aromatic N) is 1. The van der Waals surface area contributed by atoms with Crippen LogP contribution in [0.5, 0.6) is 0 Å². The van der Waals surface area contributed by atoms with Crippen LogP contribution in [-0.4, -0.2) is 23.7 Å². The lowest BCUT2D eigenvalue weighted by atomic mass is 10.1. The Morgan fingerprint density at radius 2 is 1.84 bits per heavy atom. The summed E-state index contributed by atoms with van der Waals surface area (Å²) in [7, 11) is 0. The molecule has 0 atom stereocenters. The molecule has 0 saturated carbocycles. The predicted octanol–water partition coefficient (Wildman–Crippen LogP) is 2.74. The van der Waals surface area contributed by atoms with Crippen molar-refractivity contribution in [3.05, 3.63) is 30.1 Å². The number of pyridine rings is 1. The fraction of sp³-hybridized carbons (Fsp3) is 0.533. The zero-order valence-corrected chi connectivity index (χ0v) is 11.3. The molecule has 0 saturated heterocycles. The van der Waals surface area contributed by atoms with Crippen LogP contribution in [0.1, 0.15) is 55.4 Å². The van der Waals surface area contributed by atoms with E-state index in [4.69, 9.17) is 0 Å². The first-order valence-electron chi connectivity index (χ1n) is 6.97. The zero-order valence-electron chi connectivity index (χ0n) is 11.3. The third-order valence-electron chi connectivity index (χ3n) is 2.93. The van der Waals surface area contributed by atoms with Crippen molar-refractivity contribution in [1.29, 1.82) is 0 Å². The highest BCUT2D eigenvalue weighted by atomic mass is 16.1. The first kappa shape index (κ1) is 15.3. The molecular weight excluding hydrogens is 240 g/mol. The van der Waals surface area contributed by atoms with Crippen molar-refractivity contribution in [3.63, 3.8) is 0 Å². The van der Waals surface area contributed by atoms with E-state index in [-0.39, 0.29) is 5.91 Å². The fourth-order valence-electron chi connectivity index (χ4n) is 1.85. The topological polar surface area (TPSA) is 59.1 Å². The van der Waals surface area contributed by atoms with Gasteiger partial charge >= 0.3 is 0 Å². The van der Waals surface area contributed by atoms with Gasteiger partial charge in [-0.2, -0.15) is 0 Å². The number of amides is 1. The van der Waals surface area contributed by atoms with Crippen LogP contribution >= 0.6 is 0 Å². The number of aromatic nitrogens is 1. The molecule has 1 aromatic rings. The lowest BCUT2D eigenvalue weighted by molar-refractivity contribution is -0.107. The molecule has 4 nitrogen and oxygen atoms in total. The number of rotatable bonds is 10. The fourth-order valence-corrected chi connectivity index (χ4v) is 1.85. The average Bonchev–Trinajstić information content (AvgIpc) is 2.46. The van der Waals surface area contributed by atoms with E-state index in [0.717, 1.165) is 38.4 Å². The summed E-state index contributed by atoms with van der Waals surface area (Å²) >= 11 is 0. The van der Waals surface area contributed by atoms with E-state index in [9.17, 15) is 9.59 Å². The van der Waals surface area contributed by atoms with Gasteiger partial charge in [-0.3, -0.25) is 9.78 Å². The van der Waals surface area contributed by atoms with Crippen LogP contribution in [0.2, 0.25) is 0 Å². The van der Waals surface area contributed by atoms with Crippen LogP contribution in [0.3, 0.4) is 0 Å². The smallest absolute Gasteiger partial charge is 0.269 e. The lowest BCUT2D eigenvalue weighted by Crippen LogP contribution is -2.25. The highest BCUT2D eigenvalue weighted by Crippen LogP contribution is 2.06. The minimum atomic E-state index is -0.105. The summed E-state index contributed by atoms with van der Waals surface area (Å²) in [5.74, 6) is -0.105. The number of carbonyl (C=O) groups excluding carboxylic acids is 2. The summed E-state index contributed by atoms with van der Waals surface area (Å²) in [4.78, 5) is 25.8. The molecular formula is C15H22N2O2. The highest BCUT2D eigenvalue weighted by Gasteiger charge is 2.03. The number of hydrogen-bond donors (Lipinski definition) is 1. The summed E-state index contributed by atoms with van der Waals surface area (Å²) in [6.45, 7) is 0.698. The summed E-state index contributed by atoms with van der Waals surface area (Å²) in [5, 5.41) is 2.86. The molecule has 104 valence electrons. The van der Waals surface area contributed by atoms with E-state index in [0.29, 0.717) is 18.7 Å². The summed E-state index contributed by atoms with van der Waals surface area (Å²) in [5.41, 5.74) is 0.469. The molecule has 0 unspecified atom stereocenters. The maximum Gasteiger partial charge on any atom is 0.269 e. The Balaban J connectivity index is 1.96. The molecule has 1 aromatic heterocycles. The summed E-state index contributed by atoms with van der Waals surface area (Å²) in [6.07, 6.45) is 9.84. The number of unbranched alkanes of at least 4 members (excludes halogenated alkanes) is 6. The average molecular weight is 262 g/mol. The first-order valence-corrected chi connectivity index (χ1v) is 6.97. The molecule has 0 radical (unpaired) electrons. The van der Waals surface area contributed by atoms with E-state index in [1.165, 1.54) is 6.42 Å². The molecule has 1 heterocycles. The number of carbonyl (C=O) groups is 2. The Kier molecular flexibility index (Phi) is 8.27. The van der Waals surface area contributed by atoms with Crippen LogP contribution < -0.4 is 5.32 Å². The Labute approximate surface area is 114 Å². The number of nitrogens with one attached hydrogen (secondary N) is 1. The maximum atomic E-state index is 11.6. The number of hydrogen-bond acceptors (Lipinski definition) is 3. The van der Waals surface area contributed by atoms with Gasteiger partial charge in [-0.1, -0.05) is 31.7 Å². The second kappa shape index (κ2) is 10.2. The molecule has 1 amide bonds. The zero-order chi connectivity index (χ0) is 13.8. The molecule has 0 bridgehead atoms. The van der Waals surface area contributed by atoms with E-state index in [2.05, 4.69) is 10.3 Å². The van der Waals surface area contributed by atoms with Gasteiger partial charge in [0.1, 0.15) is 12.0 Å². The molecule has 1 N–H and O–H groups in total. The third-order valence-corrected chi connectivity index (χ3v) is 2.93. The molecule has 0 aromatic carbocycles. The standard InChI is InChI=1S/C15H22N2O2/c18-13-9-5-3-1-2-4-7-12-17-15(19)14-10-6-8-11-16-14/h6,8,10-11,13H,1-5,7,9,12H2,(H,17,19). The van der Waals surface area contributed by atoms with Crippen molar-refractivity contribution in [3.8, 4) is 0 Å². The minimum Gasteiger partial charge on any atom is -0.351 e. The Bertz CT molecular complexity index is 366. The highest BCUT2D eigenvalue weighted by molar-refractivity contribution is 5.92. The molecule has 0 fully saturated rings. The van der Waals surface area contributed by atoms with Gasteiger partial charge in [0.05, 0.1) is 0 Å². The van der Waals surface area contributed by atoms with Crippen molar-refractivity contribution in [2.45, 2.75) is 44.9 Å². The van der Waals surface area contributed by atoms with Crippen molar-refractivity contribution < 1.29 is 9.59 Å². The number of aldehydes is 1. The van der Waals surface area contributed by atoms with Crippen LogP contribution in [0.25, 0.3) is 0 Å². The van der Waals surface area contributed by atoms with Crippen LogP contribution in [0.4, 0.5) is 0 Å². The van der Waals surface area contributed by atoms with Gasteiger partial charge in [-0.15, -0.1) is 0 Å². The van der Waals surface area contributed by atoms with E-state index in [1.54, 1.807) is 24.4 Å². The molecule has 0 aliphatic rings. The summed E-state index contributed by atoms with van der Waals surface area (Å²) < 4.78 is 0. The van der Waals surface area contributed by atoms with Gasteiger partial charge in [0.25, 0.3) is 5.91 Å². The SMILES string of the molecule is O=CCCCCCCCCNC(=O)c1ccccn1. The van der Waals surface area contributed by atoms with Crippen LogP contribution in [0, 0.1) is 0 Å². The molecule has 0 aliphatic heterocycles. The Morgan fingerprint density at radius 1 is 1.11 bits per heavy atom. The second-order valence-corrected chi connectivity index (χ2v) is 4.55. The van der Waals surface area contributed by atoms with Crippen LogP contribution in [-0.2, 0) is 4.79 Å². The monoisotopic (exact) mass is 262 g/mol. The first-order chi connectivity index (χ1) is 9.34. The van der Waals surface area contributed by atoms with Gasteiger partial charge in [0.15, 0.2) is 0 Å². The van der Waals surface area contributed by atoms with Gasteiger partial charge < -0.3 is 10.1 Å². The van der Waals surface area contributed by atoms with Crippen molar-refractivity contribution in [1.82, 2.24) is 10.3 Å². The predicted molar refractivity (Wildman–Crippen MR) is 75.0 cm³/mol. The van der Waals surface area contributed by atoms with Gasteiger partial charge in [0, 0.05) is 19.2 Å². The van der Waals surface area contributed by atoms with Gasteiger partial charge in [-0.05, 0) is 25.0 Å². The van der Waals surface area contributed by atoms with Gasteiger partial charge in [0.2, 0.25) is 0 Å². The molecule has 0 aliphatic carbocycles.